The summed E-state index contributed by atoms with van der Waals surface area (Å²) in [4.78, 5) is 30.2. The van der Waals surface area contributed by atoms with E-state index in [4.69, 9.17) is 19.4 Å². The average Bonchev–Trinajstić information content (AvgIpc) is 3.78. The molecule has 10 nitrogen and oxygen atoms in total. The number of para-hydroxylation sites is 1. The first-order chi connectivity index (χ1) is 20.7. The number of nitrogens with zero attached hydrogens (tertiary/aromatic N) is 4. The molecule has 0 unspecified atom stereocenters. The van der Waals surface area contributed by atoms with Crippen molar-refractivity contribution >= 4 is 33.7 Å². The monoisotopic (exact) mass is 551 g/mol. The van der Waals surface area contributed by atoms with Crippen molar-refractivity contribution < 1.29 is 14.3 Å². The Labute approximate surface area is 238 Å². The van der Waals surface area contributed by atoms with Crippen LogP contribution in [0.2, 0.25) is 0 Å². The van der Waals surface area contributed by atoms with Gasteiger partial charge in [0.1, 0.15) is 5.52 Å². The molecule has 10 heteroatoms. The zero-order valence-corrected chi connectivity index (χ0v) is 22.0. The molecular formula is C32H21N7O3. The maximum Gasteiger partial charge on any atom is 0.255 e. The van der Waals surface area contributed by atoms with E-state index in [0.29, 0.717) is 39.7 Å². The number of amides is 1. The summed E-state index contributed by atoms with van der Waals surface area (Å²) in [5.41, 5.74) is 8.23. The molecule has 0 spiro atoms. The summed E-state index contributed by atoms with van der Waals surface area (Å²) in [7, 11) is 0. The van der Waals surface area contributed by atoms with Crippen LogP contribution in [0.5, 0.6) is 11.5 Å². The average molecular weight is 552 g/mol. The highest BCUT2D eigenvalue weighted by atomic mass is 16.7. The first kappa shape index (κ1) is 23.8. The Morgan fingerprint density at radius 1 is 0.786 bits per heavy atom. The van der Waals surface area contributed by atoms with Crippen molar-refractivity contribution in [2.24, 2.45) is 0 Å². The number of benzene rings is 3. The number of pyridine rings is 2. The third-order valence-electron chi connectivity index (χ3n) is 7.16. The minimum Gasteiger partial charge on any atom is -0.454 e. The summed E-state index contributed by atoms with van der Waals surface area (Å²) in [6.45, 7) is 0.222. The van der Waals surface area contributed by atoms with Crippen LogP contribution in [-0.2, 0) is 0 Å². The van der Waals surface area contributed by atoms with E-state index >= 15 is 0 Å². The van der Waals surface area contributed by atoms with Crippen molar-refractivity contribution in [1.29, 1.82) is 0 Å². The van der Waals surface area contributed by atoms with Crippen molar-refractivity contribution in [3.63, 3.8) is 0 Å². The van der Waals surface area contributed by atoms with E-state index in [1.807, 2.05) is 72.8 Å². The number of imidazole rings is 1. The molecule has 4 aromatic heterocycles. The van der Waals surface area contributed by atoms with Gasteiger partial charge in [-0.25, -0.2) is 9.97 Å². The Balaban J connectivity index is 1.15. The van der Waals surface area contributed by atoms with Crippen LogP contribution < -0.4 is 14.8 Å². The first-order valence-corrected chi connectivity index (χ1v) is 13.3. The van der Waals surface area contributed by atoms with Crippen LogP contribution >= 0.6 is 0 Å². The Kier molecular flexibility index (Phi) is 5.42. The van der Waals surface area contributed by atoms with Crippen LogP contribution in [0.15, 0.2) is 97.3 Å². The van der Waals surface area contributed by atoms with Gasteiger partial charge in [0.15, 0.2) is 23.0 Å². The number of nitrogens with one attached hydrogen (secondary N) is 3. The number of hydrogen-bond donors (Lipinski definition) is 3. The van der Waals surface area contributed by atoms with Crippen LogP contribution in [0.1, 0.15) is 10.4 Å². The van der Waals surface area contributed by atoms with Gasteiger partial charge >= 0.3 is 0 Å². The molecule has 0 saturated heterocycles. The molecule has 0 radical (unpaired) electrons. The van der Waals surface area contributed by atoms with E-state index in [-0.39, 0.29) is 12.7 Å². The molecule has 202 valence electrons. The van der Waals surface area contributed by atoms with Crippen LogP contribution in [-0.4, -0.2) is 42.8 Å². The molecule has 1 aliphatic heterocycles. The highest BCUT2D eigenvalue weighted by Crippen LogP contribution is 2.38. The quantitative estimate of drug-likeness (QED) is 0.232. The van der Waals surface area contributed by atoms with E-state index in [1.54, 1.807) is 24.5 Å². The second kappa shape index (κ2) is 9.56. The predicted molar refractivity (Wildman–Crippen MR) is 158 cm³/mol. The topological polar surface area (TPSA) is 131 Å². The van der Waals surface area contributed by atoms with E-state index < -0.39 is 0 Å². The van der Waals surface area contributed by atoms with Gasteiger partial charge in [-0.1, -0.05) is 36.4 Å². The minimum atomic E-state index is -0.208. The maximum atomic E-state index is 12.7. The largest absolute Gasteiger partial charge is 0.454 e. The standard InChI is InChI=1S/C32H21N7O3/c40-32(18-5-2-1-3-6-18)34-21-13-20(15-33-16-21)23-10-11-25-29(35-23)30(39-38-25)31-36-24-8-4-7-22(28(24)37-31)19-9-12-26-27(14-19)42-17-41-26/h1-16H,17H2,(H,34,40)(H,36,37)(H,38,39). The Bertz CT molecular complexity index is 2140. The predicted octanol–water partition coefficient (Wildman–Crippen LogP) is 6.21. The van der Waals surface area contributed by atoms with Gasteiger partial charge in [0.25, 0.3) is 5.91 Å². The summed E-state index contributed by atoms with van der Waals surface area (Å²) >= 11 is 0. The van der Waals surface area contributed by atoms with Crippen LogP contribution in [0.3, 0.4) is 0 Å². The SMILES string of the molecule is O=C(Nc1cncc(-c2ccc3[nH]nc(-c4nc5c(-c6ccc7c(c6)OCO7)cccc5[nH]4)c3n2)c1)c1ccccc1. The molecular weight excluding hydrogens is 530 g/mol. The van der Waals surface area contributed by atoms with Crippen LogP contribution in [0, 0.1) is 0 Å². The van der Waals surface area contributed by atoms with Crippen molar-refractivity contribution in [2.75, 3.05) is 12.1 Å². The van der Waals surface area contributed by atoms with Gasteiger partial charge in [0, 0.05) is 22.9 Å². The lowest BCUT2D eigenvalue weighted by Crippen LogP contribution is -2.11. The van der Waals surface area contributed by atoms with Crippen LogP contribution in [0.4, 0.5) is 5.69 Å². The van der Waals surface area contributed by atoms with Gasteiger partial charge in [-0.15, -0.1) is 0 Å². The second-order valence-electron chi connectivity index (χ2n) is 9.80. The summed E-state index contributed by atoms with van der Waals surface area (Å²) in [5.74, 6) is 1.84. The maximum absolute atomic E-state index is 12.7. The number of rotatable bonds is 5. The minimum absolute atomic E-state index is 0.208. The molecule has 0 atom stereocenters. The first-order valence-electron chi connectivity index (χ1n) is 13.3. The lowest BCUT2D eigenvalue weighted by Gasteiger charge is -2.07. The molecule has 42 heavy (non-hydrogen) atoms. The lowest BCUT2D eigenvalue weighted by molar-refractivity contribution is 0.102. The van der Waals surface area contributed by atoms with E-state index in [9.17, 15) is 4.79 Å². The zero-order chi connectivity index (χ0) is 28.0. The number of hydrogen-bond acceptors (Lipinski definition) is 7. The Hall–Kier alpha value is -6.03. The fourth-order valence-electron chi connectivity index (χ4n) is 5.11. The molecule has 0 saturated carbocycles. The Morgan fingerprint density at radius 3 is 2.62 bits per heavy atom. The smallest absolute Gasteiger partial charge is 0.255 e. The van der Waals surface area contributed by atoms with Gasteiger partial charge in [-0.2, -0.15) is 5.10 Å². The third-order valence-corrected chi connectivity index (χ3v) is 7.16. The summed E-state index contributed by atoms with van der Waals surface area (Å²) < 4.78 is 11.1. The molecule has 7 aromatic rings. The van der Waals surface area contributed by atoms with Crippen LogP contribution in [0.25, 0.3) is 56.0 Å². The lowest BCUT2D eigenvalue weighted by atomic mass is 10.0. The van der Waals surface area contributed by atoms with Gasteiger partial charge in [-0.05, 0) is 54.1 Å². The number of fused-ring (bicyclic) bond motifs is 3. The Morgan fingerprint density at radius 2 is 1.69 bits per heavy atom. The fourth-order valence-corrected chi connectivity index (χ4v) is 5.11. The highest BCUT2D eigenvalue weighted by Gasteiger charge is 2.19. The number of anilines is 1. The zero-order valence-electron chi connectivity index (χ0n) is 22.0. The molecule has 1 amide bonds. The summed E-state index contributed by atoms with van der Waals surface area (Å²) in [5, 5.41) is 10.5. The van der Waals surface area contributed by atoms with Crippen molar-refractivity contribution in [1.82, 2.24) is 30.1 Å². The second-order valence-corrected chi connectivity index (χ2v) is 9.80. The molecule has 0 bridgehead atoms. The van der Waals surface area contributed by atoms with E-state index in [0.717, 1.165) is 39.0 Å². The molecule has 0 fully saturated rings. The number of aromatic amines is 2. The number of carbonyl (C=O) groups excluding carboxylic acids is 1. The van der Waals surface area contributed by atoms with Gasteiger partial charge in [-0.3, -0.25) is 14.9 Å². The normalized spacial score (nSPS) is 12.2. The van der Waals surface area contributed by atoms with E-state index in [2.05, 4.69) is 25.5 Å². The molecule has 3 N–H and O–H groups in total. The molecule has 5 heterocycles. The molecule has 8 rings (SSSR count). The van der Waals surface area contributed by atoms with Gasteiger partial charge in [0.2, 0.25) is 6.79 Å². The highest BCUT2D eigenvalue weighted by molar-refractivity contribution is 6.04. The summed E-state index contributed by atoms with van der Waals surface area (Å²) in [6.07, 6.45) is 3.32. The van der Waals surface area contributed by atoms with E-state index in [1.165, 1.54) is 0 Å². The third kappa shape index (κ3) is 4.09. The van der Waals surface area contributed by atoms with Crippen molar-refractivity contribution in [3.8, 4) is 45.4 Å². The molecule has 3 aromatic carbocycles. The molecule has 1 aliphatic rings. The molecule has 0 aliphatic carbocycles. The number of H-pyrrole nitrogens is 2. The van der Waals surface area contributed by atoms with Crippen molar-refractivity contribution in [2.45, 2.75) is 0 Å². The number of aromatic nitrogens is 6. The van der Waals surface area contributed by atoms with Gasteiger partial charge < -0.3 is 19.8 Å². The number of carbonyl (C=O) groups is 1. The number of ether oxygens (including phenoxy) is 2. The van der Waals surface area contributed by atoms with Gasteiger partial charge in [0.05, 0.1) is 34.1 Å². The van der Waals surface area contributed by atoms with Crippen molar-refractivity contribution in [3.05, 3.63) is 103 Å². The summed E-state index contributed by atoms with van der Waals surface area (Å²) in [6, 6.07) is 26.6. The fraction of sp³-hybridized carbons (Fsp3) is 0.0312.